The third-order valence-corrected chi connectivity index (χ3v) is 2.14. The molecule has 1 heterocycles. The number of hydrogen-bond acceptors (Lipinski definition) is 2. The number of halogens is 1. The molecule has 3 nitrogen and oxygen atoms in total. The van der Waals surface area contributed by atoms with Gasteiger partial charge in [0.05, 0.1) is 0 Å². The van der Waals surface area contributed by atoms with Gasteiger partial charge in [0, 0.05) is 17.1 Å². The molecule has 0 aliphatic heterocycles. The van der Waals surface area contributed by atoms with Gasteiger partial charge in [-0.3, -0.25) is 0 Å². The average Bonchev–Trinajstić information content (AvgIpc) is 2.67. The van der Waals surface area contributed by atoms with Crippen molar-refractivity contribution in [3.05, 3.63) is 35.6 Å². The Morgan fingerprint density at radius 1 is 1.36 bits per heavy atom. The summed E-state index contributed by atoms with van der Waals surface area (Å²) in [6, 6.07) is 7.43. The van der Waals surface area contributed by atoms with Gasteiger partial charge in [0.25, 0.3) is 0 Å². The van der Waals surface area contributed by atoms with Crippen LogP contribution in [0.1, 0.15) is 6.92 Å². The molecule has 0 bridgehead atoms. The van der Waals surface area contributed by atoms with Crippen LogP contribution in [0, 0.1) is 6.33 Å². The Kier molecular flexibility index (Phi) is 2.50. The molecule has 0 amide bonds. The van der Waals surface area contributed by atoms with E-state index in [0.29, 0.717) is 10.8 Å². The second-order valence-electron chi connectivity index (χ2n) is 2.86. The summed E-state index contributed by atoms with van der Waals surface area (Å²) in [6.45, 7) is 2.78. The summed E-state index contributed by atoms with van der Waals surface area (Å²) in [5.41, 5.74) is 0.956. The molecule has 1 radical (unpaired) electrons. The standard InChI is InChI=1S/C10H9ClN3/c1-2-14-7-12-10(13-14)8-3-5-9(11)6-4-8/h3-6H,2H2,1H3. The number of hydrogen-bond donors (Lipinski definition) is 0. The fourth-order valence-corrected chi connectivity index (χ4v) is 1.25. The monoisotopic (exact) mass is 206 g/mol. The van der Waals surface area contributed by atoms with Crippen LogP contribution in [-0.4, -0.2) is 14.8 Å². The zero-order chi connectivity index (χ0) is 9.97. The van der Waals surface area contributed by atoms with Crippen molar-refractivity contribution in [1.29, 1.82) is 0 Å². The fraction of sp³-hybridized carbons (Fsp3) is 0.200. The summed E-state index contributed by atoms with van der Waals surface area (Å²) in [6.07, 6.45) is 2.79. The van der Waals surface area contributed by atoms with Crippen molar-refractivity contribution in [3.63, 3.8) is 0 Å². The van der Waals surface area contributed by atoms with Gasteiger partial charge in [0.1, 0.15) is 0 Å². The summed E-state index contributed by atoms with van der Waals surface area (Å²) in [4.78, 5) is 4.07. The maximum atomic E-state index is 5.78. The van der Waals surface area contributed by atoms with Gasteiger partial charge >= 0.3 is 0 Å². The SMILES string of the molecule is CCn1[c]nc(-c2ccc(Cl)cc2)n1. The topological polar surface area (TPSA) is 30.7 Å². The number of aryl methyl sites for hydroxylation is 1. The quantitative estimate of drug-likeness (QED) is 0.756. The molecule has 14 heavy (non-hydrogen) atoms. The summed E-state index contributed by atoms with van der Waals surface area (Å²) in [7, 11) is 0. The molecule has 0 saturated heterocycles. The number of aromatic nitrogens is 3. The van der Waals surface area contributed by atoms with Crippen molar-refractivity contribution in [3.8, 4) is 11.4 Å². The van der Waals surface area contributed by atoms with Gasteiger partial charge in [-0.05, 0) is 31.2 Å². The Labute approximate surface area is 87.3 Å². The molecular formula is C10H9ClN3. The smallest absolute Gasteiger partial charge is 0.196 e. The van der Waals surface area contributed by atoms with Crippen molar-refractivity contribution in [2.24, 2.45) is 0 Å². The molecule has 1 aromatic carbocycles. The number of rotatable bonds is 2. The molecule has 1 aromatic heterocycles. The zero-order valence-electron chi connectivity index (χ0n) is 7.74. The molecule has 0 unspecified atom stereocenters. The molecule has 0 aliphatic rings. The van der Waals surface area contributed by atoms with E-state index in [9.17, 15) is 0 Å². The first-order valence-corrected chi connectivity index (χ1v) is 4.76. The second-order valence-corrected chi connectivity index (χ2v) is 3.29. The molecular weight excluding hydrogens is 198 g/mol. The summed E-state index contributed by atoms with van der Waals surface area (Å²) < 4.78 is 1.67. The third kappa shape index (κ3) is 1.77. The van der Waals surface area contributed by atoms with Crippen molar-refractivity contribution < 1.29 is 0 Å². The molecule has 0 atom stereocenters. The Hall–Kier alpha value is -1.35. The van der Waals surface area contributed by atoms with E-state index in [0.717, 1.165) is 12.1 Å². The first-order chi connectivity index (χ1) is 6.79. The first kappa shape index (κ1) is 9.21. The predicted octanol–water partition coefficient (Wildman–Crippen LogP) is 2.42. The van der Waals surface area contributed by atoms with E-state index >= 15 is 0 Å². The normalized spacial score (nSPS) is 10.4. The van der Waals surface area contributed by atoms with Crippen LogP contribution >= 0.6 is 11.6 Å². The van der Waals surface area contributed by atoms with E-state index in [-0.39, 0.29) is 0 Å². The lowest BCUT2D eigenvalue weighted by atomic mass is 10.2. The van der Waals surface area contributed by atoms with E-state index in [4.69, 9.17) is 11.6 Å². The highest BCUT2D eigenvalue weighted by Crippen LogP contribution is 2.17. The summed E-state index contributed by atoms with van der Waals surface area (Å²) in [5.74, 6) is 0.684. The van der Waals surface area contributed by atoms with Crippen LogP contribution in [0.5, 0.6) is 0 Å². The maximum Gasteiger partial charge on any atom is 0.196 e. The minimum absolute atomic E-state index is 0.684. The first-order valence-electron chi connectivity index (χ1n) is 4.38. The Morgan fingerprint density at radius 3 is 2.64 bits per heavy atom. The lowest BCUT2D eigenvalue weighted by Crippen LogP contribution is -1.94. The number of benzene rings is 1. The van der Waals surface area contributed by atoms with Crippen LogP contribution < -0.4 is 0 Å². The molecule has 0 aliphatic carbocycles. The highest BCUT2D eigenvalue weighted by Gasteiger charge is 2.02. The maximum absolute atomic E-state index is 5.78. The zero-order valence-corrected chi connectivity index (χ0v) is 8.49. The van der Waals surface area contributed by atoms with Gasteiger partial charge in [-0.25, -0.2) is 9.67 Å². The van der Waals surface area contributed by atoms with Crippen LogP contribution in [0.2, 0.25) is 5.02 Å². The fourth-order valence-electron chi connectivity index (χ4n) is 1.13. The van der Waals surface area contributed by atoms with Crippen LogP contribution in [-0.2, 0) is 6.54 Å². The molecule has 0 fully saturated rings. The highest BCUT2D eigenvalue weighted by molar-refractivity contribution is 6.30. The largest absolute Gasteiger partial charge is 0.243 e. The van der Waals surface area contributed by atoms with Gasteiger partial charge in [-0.15, -0.1) is 0 Å². The van der Waals surface area contributed by atoms with Crippen molar-refractivity contribution in [2.75, 3.05) is 0 Å². The summed E-state index contributed by atoms with van der Waals surface area (Å²) in [5, 5.41) is 4.95. The van der Waals surface area contributed by atoms with Gasteiger partial charge in [0.15, 0.2) is 12.2 Å². The van der Waals surface area contributed by atoms with Crippen LogP contribution in [0.15, 0.2) is 24.3 Å². The van der Waals surface area contributed by atoms with Gasteiger partial charge < -0.3 is 0 Å². The van der Waals surface area contributed by atoms with E-state index < -0.39 is 0 Å². The van der Waals surface area contributed by atoms with Crippen LogP contribution in [0.25, 0.3) is 11.4 Å². The van der Waals surface area contributed by atoms with E-state index in [1.807, 2.05) is 31.2 Å². The lowest BCUT2D eigenvalue weighted by Gasteiger charge is -1.94. The second kappa shape index (κ2) is 3.80. The molecule has 2 rings (SSSR count). The van der Waals surface area contributed by atoms with Gasteiger partial charge in [-0.1, -0.05) is 11.6 Å². The van der Waals surface area contributed by atoms with Crippen molar-refractivity contribution >= 4 is 11.6 Å². The Balaban J connectivity index is 2.34. The molecule has 2 aromatic rings. The minimum atomic E-state index is 0.684. The lowest BCUT2D eigenvalue weighted by molar-refractivity contribution is 0.654. The van der Waals surface area contributed by atoms with E-state index in [1.165, 1.54) is 0 Å². The van der Waals surface area contributed by atoms with Crippen LogP contribution in [0.3, 0.4) is 0 Å². The predicted molar refractivity (Wildman–Crippen MR) is 55.0 cm³/mol. The average molecular weight is 207 g/mol. The van der Waals surface area contributed by atoms with E-state index in [2.05, 4.69) is 16.4 Å². The van der Waals surface area contributed by atoms with Crippen LogP contribution in [0.4, 0.5) is 0 Å². The molecule has 0 spiro atoms. The molecule has 4 heteroatoms. The van der Waals surface area contributed by atoms with Gasteiger partial charge in [-0.2, -0.15) is 5.10 Å². The summed E-state index contributed by atoms with van der Waals surface area (Å²) >= 11 is 5.78. The minimum Gasteiger partial charge on any atom is -0.243 e. The third-order valence-electron chi connectivity index (χ3n) is 1.89. The molecule has 71 valence electrons. The Bertz CT molecular complexity index is 419. The van der Waals surface area contributed by atoms with Crippen molar-refractivity contribution in [2.45, 2.75) is 13.5 Å². The van der Waals surface area contributed by atoms with E-state index in [1.54, 1.807) is 4.68 Å². The van der Waals surface area contributed by atoms with Gasteiger partial charge in [0.2, 0.25) is 0 Å². The molecule has 0 saturated carbocycles. The Morgan fingerprint density at radius 2 is 2.07 bits per heavy atom. The van der Waals surface area contributed by atoms with Crippen molar-refractivity contribution in [1.82, 2.24) is 14.8 Å². The molecule has 0 N–H and O–H groups in total. The highest BCUT2D eigenvalue weighted by atomic mass is 35.5. The number of nitrogens with zero attached hydrogens (tertiary/aromatic N) is 3.